The van der Waals surface area contributed by atoms with Gasteiger partial charge in [-0.05, 0) is 12.1 Å². The Balaban J connectivity index is 1.93. The number of anilines is 1. The molecule has 2 atom stereocenters. The fourth-order valence-electron chi connectivity index (χ4n) is 2.10. The van der Waals surface area contributed by atoms with Gasteiger partial charge in [0.1, 0.15) is 5.78 Å². The van der Waals surface area contributed by atoms with Gasteiger partial charge in [0.25, 0.3) is 0 Å². The summed E-state index contributed by atoms with van der Waals surface area (Å²) in [5.41, 5.74) is 1.07. The lowest BCUT2D eigenvalue weighted by molar-refractivity contribution is -0.158. The Hall–Kier alpha value is -0.800. The number of piperazine rings is 1. The van der Waals surface area contributed by atoms with Crippen LogP contribution in [0.25, 0.3) is 0 Å². The number of alkyl halides is 3. The number of nitrogens with zero attached hydrogens (tertiary/aromatic N) is 2. The van der Waals surface area contributed by atoms with E-state index in [2.05, 4.69) is 4.90 Å². The van der Waals surface area contributed by atoms with Crippen LogP contribution in [0.3, 0.4) is 0 Å². The van der Waals surface area contributed by atoms with Crippen molar-refractivity contribution in [1.82, 2.24) is 4.90 Å². The molecular weight excluding hydrogens is 260 g/mol. The van der Waals surface area contributed by atoms with Crippen molar-refractivity contribution in [2.75, 3.05) is 31.1 Å². The lowest BCUT2D eigenvalue weighted by Crippen LogP contribution is -2.52. The summed E-state index contributed by atoms with van der Waals surface area (Å²) in [5, 5.41) is 0. The first-order valence-corrected chi connectivity index (χ1v) is 6.51. The standard InChI is InChI=1S/C12H16F3N2P/c13-12(14,15)11(18)17-8-6-16(7-9-17)10-4-2-1-3-5-10/h1-5,11H,6-9,18H2. The summed E-state index contributed by atoms with van der Waals surface area (Å²) in [7, 11) is 1.89. The van der Waals surface area contributed by atoms with Crippen molar-refractivity contribution in [1.29, 1.82) is 0 Å². The third kappa shape index (κ3) is 3.15. The summed E-state index contributed by atoms with van der Waals surface area (Å²) < 4.78 is 37.7. The first-order chi connectivity index (χ1) is 8.48. The Morgan fingerprint density at radius 3 is 2.06 bits per heavy atom. The fourth-order valence-corrected chi connectivity index (χ4v) is 2.40. The molecule has 0 N–H and O–H groups in total. The minimum Gasteiger partial charge on any atom is -0.369 e. The molecule has 2 nitrogen and oxygen atoms in total. The molecule has 1 aromatic carbocycles. The summed E-state index contributed by atoms with van der Waals surface area (Å²) in [5.74, 6) is -1.43. The van der Waals surface area contributed by atoms with Crippen LogP contribution in [-0.2, 0) is 0 Å². The number of rotatable bonds is 2. The van der Waals surface area contributed by atoms with Gasteiger partial charge in [-0.1, -0.05) is 18.2 Å². The van der Waals surface area contributed by atoms with Crippen LogP contribution in [-0.4, -0.2) is 43.0 Å². The third-order valence-corrected chi connectivity index (χ3v) is 3.96. The molecule has 0 bridgehead atoms. The monoisotopic (exact) mass is 276 g/mol. The highest BCUT2D eigenvalue weighted by atomic mass is 31.0. The Bertz CT molecular complexity index is 375. The molecule has 6 heteroatoms. The molecule has 1 aliphatic rings. The summed E-state index contributed by atoms with van der Waals surface area (Å²) in [6.45, 7) is 2.13. The zero-order valence-corrected chi connectivity index (χ0v) is 11.1. The molecule has 1 heterocycles. The fraction of sp³-hybridized carbons (Fsp3) is 0.500. The lowest BCUT2D eigenvalue weighted by atomic mass is 10.2. The number of hydrogen-bond acceptors (Lipinski definition) is 2. The van der Waals surface area contributed by atoms with Crippen LogP contribution in [0.2, 0.25) is 0 Å². The van der Waals surface area contributed by atoms with Crippen LogP contribution in [0.15, 0.2) is 30.3 Å². The first kappa shape index (κ1) is 13.6. The molecule has 0 amide bonds. The zero-order valence-electron chi connectivity index (χ0n) is 9.90. The molecule has 1 aliphatic heterocycles. The highest BCUT2D eigenvalue weighted by Crippen LogP contribution is 2.30. The smallest absolute Gasteiger partial charge is 0.369 e. The largest absolute Gasteiger partial charge is 0.407 e. The number of benzene rings is 1. The Labute approximate surface area is 107 Å². The van der Waals surface area contributed by atoms with Gasteiger partial charge in [0.05, 0.1) is 0 Å². The molecule has 1 fully saturated rings. The molecule has 0 saturated carbocycles. The summed E-state index contributed by atoms with van der Waals surface area (Å²) >= 11 is 0. The van der Waals surface area contributed by atoms with Crippen molar-refractivity contribution in [3.05, 3.63) is 30.3 Å². The van der Waals surface area contributed by atoms with Gasteiger partial charge in [0.15, 0.2) is 0 Å². The van der Waals surface area contributed by atoms with Crippen LogP contribution >= 0.6 is 9.24 Å². The predicted octanol–water partition coefficient (Wildman–Crippen LogP) is 2.57. The Morgan fingerprint density at radius 2 is 1.56 bits per heavy atom. The van der Waals surface area contributed by atoms with Crippen LogP contribution in [0.4, 0.5) is 18.9 Å². The molecule has 100 valence electrons. The molecule has 0 radical (unpaired) electrons. The van der Waals surface area contributed by atoms with E-state index in [1.807, 2.05) is 39.6 Å². The average Bonchev–Trinajstić information content (AvgIpc) is 2.38. The van der Waals surface area contributed by atoms with E-state index in [-0.39, 0.29) is 0 Å². The van der Waals surface area contributed by atoms with E-state index in [0.29, 0.717) is 26.2 Å². The zero-order chi connectivity index (χ0) is 13.2. The van der Waals surface area contributed by atoms with E-state index < -0.39 is 12.0 Å². The molecule has 1 aromatic rings. The van der Waals surface area contributed by atoms with E-state index in [9.17, 15) is 13.2 Å². The summed E-state index contributed by atoms with van der Waals surface area (Å²) in [6, 6.07) is 9.78. The SMILES string of the molecule is FC(F)(F)C(P)N1CCN(c2ccccc2)CC1. The van der Waals surface area contributed by atoms with Crippen molar-refractivity contribution in [2.24, 2.45) is 0 Å². The second kappa shape index (κ2) is 5.45. The van der Waals surface area contributed by atoms with Gasteiger partial charge in [0, 0.05) is 31.9 Å². The van der Waals surface area contributed by atoms with E-state index in [1.165, 1.54) is 4.90 Å². The molecule has 0 aromatic heterocycles. The Kier molecular flexibility index (Phi) is 4.13. The maximum atomic E-state index is 12.6. The average molecular weight is 276 g/mol. The highest BCUT2D eigenvalue weighted by Gasteiger charge is 2.41. The molecule has 18 heavy (non-hydrogen) atoms. The summed E-state index contributed by atoms with van der Waals surface area (Å²) in [4.78, 5) is 3.58. The quantitative estimate of drug-likeness (QED) is 0.766. The molecule has 1 saturated heterocycles. The lowest BCUT2D eigenvalue weighted by Gasteiger charge is -2.39. The third-order valence-electron chi connectivity index (χ3n) is 3.16. The number of para-hydroxylation sites is 1. The van der Waals surface area contributed by atoms with Crippen LogP contribution in [0.5, 0.6) is 0 Å². The van der Waals surface area contributed by atoms with Crippen LogP contribution < -0.4 is 4.90 Å². The first-order valence-electron chi connectivity index (χ1n) is 5.85. The predicted molar refractivity (Wildman–Crippen MR) is 69.8 cm³/mol. The summed E-state index contributed by atoms with van der Waals surface area (Å²) in [6.07, 6.45) is -4.17. The minimum absolute atomic E-state index is 0.433. The van der Waals surface area contributed by atoms with Crippen molar-refractivity contribution in [3.8, 4) is 0 Å². The van der Waals surface area contributed by atoms with Crippen LogP contribution in [0.1, 0.15) is 0 Å². The van der Waals surface area contributed by atoms with E-state index in [4.69, 9.17) is 0 Å². The Morgan fingerprint density at radius 1 is 1.00 bits per heavy atom. The molecular formula is C12H16F3N2P. The highest BCUT2D eigenvalue weighted by molar-refractivity contribution is 7.17. The van der Waals surface area contributed by atoms with Crippen molar-refractivity contribution < 1.29 is 13.2 Å². The van der Waals surface area contributed by atoms with Gasteiger partial charge >= 0.3 is 6.18 Å². The second-order valence-corrected chi connectivity index (χ2v) is 4.98. The van der Waals surface area contributed by atoms with Crippen molar-refractivity contribution in [2.45, 2.75) is 12.0 Å². The molecule has 0 spiro atoms. The maximum absolute atomic E-state index is 12.6. The van der Waals surface area contributed by atoms with E-state index in [1.54, 1.807) is 0 Å². The molecule has 2 rings (SSSR count). The number of halogens is 3. The molecule has 0 aliphatic carbocycles. The van der Waals surface area contributed by atoms with Crippen molar-refractivity contribution in [3.63, 3.8) is 0 Å². The van der Waals surface area contributed by atoms with Gasteiger partial charge in [-0.15, -0.1) is 9.24 Å². The molecule has 2 unspecified atom stereocenters. The van der Waals surface area contributed by atoms with Crippen molar-refractivity contribution >= 4 is 14.9 Å². The van der Waals surface area contributed by atoms with Gasteiger partial charge in [-0.25, -0.2) is 0 Å². The van der Waals surface area contributed by atoms with E-state index >= 15 is 0 Å². The topological polar surface area (TPSA) is 6.48 Å². The van der Waals surface area contributed by atoms with E-state index in [0.717, 1.165) is 5.69 Å². The van der Waals surface area contributed by atoms with Gasteiger partial charge in [-0.3, -0.25) is 4.90 Å². The number of hydrogen-bond donors (Lipinski definition) is 0. The normalized spacial score (nSPS) is 19.9. The van der Waals surface area contributed by atoms with Gasteiger partial charge in [-0.2, -0.15) is 13.2 Å². The van der Waals surface area contributed by atoms with Gasteiger partial charge in [0.2, 0.25) is 0 Å². The second-order valence-electron chi connectivity index (χ2n) is 4.35. The minimum atomic E-state index is -4.17. The maximum Gasteiger partial charge on any atom is 0.407 e. The van der Waals surface area contributed by atoms with Gasteiger partial charge < -0.3 is 4.90 Å². The van der Waals surface area contributed by atoms with Crippen LogP contribution in [0, 0.1) is 0 Å².